The molecule has 3 aliphatic heterocycles. The molecule has 8 heteroatoms. The Kier molecular flexibility index (Phi) is 5.63. The van der Waals surface area contributed by atoms with E-state index in [0.29, 0.717) is 24.7 Å². The smallest absolute Gasteiger partial charge is 0.231 e. The predicted molar refractivity (Wildman–Crippen MR) is 127 cm³/mol. The molecule has 36 heavy (non-hydrogen) atoms. The standard InChI is InChI=1S/C28H32O8/c1-30-18-7-5-16(6-8-18)13-31-26-24-22(19-12-21-20(33-15-34-21)11-17(19)14-32-24)23(29)25-27(26)36-28(35-25)9-3-2-4-10-28/h5-8,11-12,22-27,29H,2-4,9-10,13-15H2,1H3/t22-,23-,24-,25+,26+,27+/m1/s1. The number of methoxy groups -OCH3 is 1. The highest BCUT2D eigenvalue weighted by molar-refractivity contribution is 5.51. The summed E-state index contributed by atoms with van der Waals surface area (Å²) in [4.78, 5) is 0. The van der Waals surface area contributed by atoms with Crippen LogP contribution in [0.1, 0.15) is 54.7 Å². The Morgan fingerprint density at radius 3 is 2.47 bits per heavy atom. The third-order valence-electron chi connectivity index (χ3n) is 8.37. The molecule has 0 amide bonds. The molecule has 1 saturated heterocycles. The zero-order valence-electron chi connectivity index (χ0n) is 20.4. The van der Waals surface area contributed by atoms with Crippen molar-refractivity contribution in [2.24, 2.45) is 0 Å². The van der Waals surface area contributed by atoms with Gasteiger partial charge in [0.25, 0.3) is 0 Å². The van der Waals surface area contributed by atoms with Crippen molar-refractivity contribution in [3.8, 4) is 17.2 Å². The quantitative estimate of drug-likeness (QED) is 0.684. The Bertz CT molecular complexity index is 1110. The van der Waals surface area contributed by atoms with Crippen molar-refractivity contribution in [3.05, 3.63) is 53.1 Å². The molecule has 0 radical (unpaired) electrons. The molecule has 2 aliphatic carbocycles. The van der Waals surface area contributed by atoms with Crippen LogP contribution in [0, 0.1) is 0 Å². The zero-order valence-corrected chi connectivity index (χ0v) is 20.4. The molecule has 2 aromatic carbocycles. The van der Waals surface area contributed by atoms with Gasteiger partial charge in [0.2, 0.25) is 6.79 Å². The van der Waals surface area contributed by atoms with Gasteiger partial charge in [0.05, 0.1) is 32.5 Å². The maximum Gasteiger partial charge on any atom is 0.231 e. The van der Waals surface area contributed by atoms with E-state index in [1.807, 2.05) is 36.4 Å². The molecule has 0 bridgehead atoms. The van der Waals surface area contributed by atoms with E-state index in [1.54, 1.807) is 7.11 Å². The normalized spacial score (nSPS) is 33.6. The van der Waals surface area contributed by atoms with Crippen molar-refractivity contribution in [3.63, 3.8) is 0 Å². The predicted octanol–water partition coefficient (Wildman–Crippen LogP) is 3.81. The molecule has 2 saturated carbocycles. The monoisotopic (exact) mass is 496 g/mol. The molecule has 192 valence electrons. The average Bonchev–Trinajstić information content (AvgIpc) is 3.52. The van der Waals surface area contributed by atoms with Gasteiger partial charge in [0, 0.05) is 18.8 Å². The van der Waals surface area contributed by atoms with E-state index in [0.717, 1.165) is 48.1 Å². The van der Waals surface area contributed by atoms with Gasteiger partial charge >= 0.3 is 0 Å². The van der Waals surface area contributed by atoms with Crippen LogP contribution in [-0.2, 0) is 32.2 Å². The van der Waals surface area contributed by atoms with Gasteiger partial charge in [-0.25, -0.2) is 0 Å². The first-order valence-electron chi connectivity index (χ1n) is 13.0. The van der Waals surface area contributed by atoms with Crippen LogP contribution in [0.5, 0.6) is 17.2 Å². The first-order chi connectivity index (χ1) is 17.6. The fourth-order valence-electron chi connectivity index (χ4n) is 6.58. The van der Waals surface area contributed by atoms with Crippen molar-refractivity contribution >= 4 is 0 Å². The highest BCUT2D eigenvalue weighted by atomic mass is 16.8. The molecule has 1 N–H and O–H groups in total. The second-order valence-corrected chi connectivity index (χ2v) is 10.5. The van der Waals surface area contributed by atoms with Gasteiger partial charge in [0.15, 0.2) is 17.3 Å². The Labute approximate surface area is 210 Å². The number of fused-ring (bicyclic) bond motifs is 5. The second kappa shape index (κ2) is 8.89. The van der Waals surface area contributed by atoms with Gasteiger partial charge in [0.1, 0.15) is 24.1 Å². The highest BCUT2D eigenvalue weighted by Crippen LogP contribution is 2.52. The molecule has 3 fully saturated rings. The molecular formula is C28H32O8. The second-order valence-electron chi connectivity index (χ2n) is 10.5. The van der Waals surface area contributed by atoms with Crippen LogP contribution in [0.25, 0.3) is 0 Å². The Morgan fingerprint density at radius 1 is 0.944 bits per heavy atom. The molecule has 5 aliphatic rings. The number of aliphatic hydroxyl groups excluding tert-OH is 1. The Balaban J connectivity index is 1.23. The number of hydrogen-bond acceptors (Lipinski definition) is 8. The summed E-state index contributed by atoms with van der Waals surface area (Å²) in [5.41, 5.74) is 3.03. The minimum absolute atomic E-state index is 0.202. The van der Waals surface area contributed by atoms with Crippen LogP contribution in [0.15, 0.2) is 36.4 Å². The summed E-state index contributed by atoms with van der Waals surface area (Å²) in [5, 5.41) is 11.7. The van der Waals surface area contributed by atoms with E-state index in [9.17, 15) is 5.11 Å². The maximum atomic E-state index is 11.7. The van der Waals surface area contributed by atoms with Gasteiger partial charge in [-0.1, -0.05) is 18.6 Å². The third-order valence-corrected chi connectivity index (χ3v) is 8.37. The van der Waals surface area contributed by atoms with Crippen LogP contribution in [-0.4, -0.2) is 55.3 Å². The van der Waals surface area contributed by atoms with Crippen LogP contribution in [0.3, 0.4) is 0 Å². The summed E-state index contributed by atoms with van der Waals surface area (Å²) in [7, 11) is 1.66. The lowest BCUT2D eigenvalue weighted by atomic mass is 9.72. The molecule has 0 aromatic heterocycles. The minimum Gasteiger partial charge on any atom is -0.497 e. The third kappa shape index (κ3) is 3.70. The number of ether oxygens (including phenoxy) is 7. The Hall–Kier alpha value is -2.36. The lowest BCUT2D eigenvalue weighted by Crippen LogP contribution is -2.61. The number of rotatable bonds is 4. The SMILES string of the molecule is COc1ccc(CO[C@@H]2[C@H]3OC4(CCCCC4)O[C@H]3[C@H](O)[C@H]3c4cc5c(cc4CO[C@@H]23)OCO5)cc1. The molecule has 0 unspecified atom stereocenters. The van der Waals surface area contributed by atoms with Crippen molar-refractivity contribution < 1.29 is 38.3 Å². The summed E-state index contributed by atoms with van der Waals surface area (Å²) in [6.07, 6.45) is 2.50. The van der Waals surface area contributed by atoms with E-state index in [2.05, 4.69) is 0 Å². The van der Waals surface area contributed by atoms with E-state index in [1.165, 1.54) is 6.42 Å². The van der Waals surface area contributed by atoms with Gasteiger partial charge in [-0.2, -0.15) is 0 Å². The van der Waals surface area contributed by atoms with E-state index >= 15 is 0 Å². The van der Waals surface area contributed by atoms with Gasteiger partial charge in [-0.15, -0.1) is 0 Å². The molecule has 6 atom stereocenters. The largest absolute Gasteiger partial charge is 0.497 e. The Morgan fingerprint density at radius 2 is 1.69 bits per heavy atom. The van der Waals surface area contributed by atoms with E-state index in [-0.39, 0.29) is 18.8 Å². The summed E-state index contributed by atoms with van der Waals surface area (Å²) < 4.78 is 42.8. The number of benzene rings is 2. The molecule has 8 nitrogen and oxygen atoms in total. The van der Waals surface area contributed by atoms with Gasteiger partial charge in [-0.05, 0) is 53.8 Å². The van der Waals surface area contributed by atoms with Gasteiger partial charge in [-0.3, -0.25) is 0 Å². The number of hydrogen-bond donors (Lipinski definition) is 1. The fraction of sp³-hybridized carbons (Fsp3) is 0.571. The highest BCUT2D eigenvalue weighted by Gasteiger charge is 2.62. The van der Waals surface area contributed by atoms with E-state index < -0.39 is 30.2 Å². The zero-order chi connectivity index (χ0) is 24.3. The van der Waals surface area contributed by atoms with Crippen LogP contribution in [0.2, 0.25) is 0 Å². The van der Waals surface area contributed by atoms with Crippen LogP contribution in [0.4, 0.5) is 0 Å². The summed E-state index contributed by atoms with van der Waals surface area (Å²) in [6.45, 7) is 1.00. The summed E-state index contributed by atoms with van der Waals surface area (Å²) in [5.74, 6) is 1.24. The molecule has 2 aromatic rings. The van der Waals surface area contributed by atoms with Crippen LogP contribution >= 0.6 is 0 Å². The topological polar surface area (TPSA) is 84.8 Å². The van der Waals surface area contributed by atoms with Crippen LogP contribution < -0.4 is 14.2 Å². The molecule has 3 heterocycles. The van der Waals surface area contributed by atoms with Crippen molar-refractivity contribution in [2.75, 3.05) is 13.9 Å². The molecule has 7 rings (SSSR count). The first-order valence-corrected chi connectivity index (χ1v) is 13.0. The lowest BCUT2D eigenvalue weighted by molar-refractivity contribution is -0.211. The number of aliphatic hydroxyl groups is 1. The van der Waals surface area contributed by atoms with E-state index in [4.69, 9.17) is 33.2 Å². The first kappa shape index (κ1) is 22.8. The maximum absolute atomic E-state index is 11.7. The van der Waals surface area contributed by atoms with Crippen molar-refractivity contribution in [2.45, 2.75) is 87.5 Å². The minimum atomic E-state index is -0.790. The summed E-state index contributed by atoms with van der Waals surface area (Å²) >= 11 is 0. The lowest BCUT2D eigenvalue weighted by Gasteiger charge is -2.48. The molecule has 1 spiro atoms. The van der Waals surface area contributed by atoms with Crippen molar-refractivity contribution in [1.29, 1.82) is 0 Å². The fourth-order valence-corrected chi connectivity index (χ4v) is 6.58. The van der Waals surface area contributed by atoms with Gasteiger partial charge < -0.3 is 38.3 Å². The summed E-state index contributed by atoms with van der Waals surface area (Å²) in [6, 6.07) is 11.8. The van der Waals surface area contributed by atoms with Crippen molar-refractivity contribution in [1.82, 2.24) is 0 Å². The molecular weight excluding hydrogens is 464 g/mol. The average molecular weight is 497 g/mol.